The van der Waals surface area contributed by atoms with Crippen LogP contribution in [0.5, 0.6) is 0 Å². The van der Waals surface area contributed by atoms with E-state index < -0.39 is 17.8 Å². The van der Waals surface area contributed by atoms with Crippen LogP contribution in [0.3, 0.4) is 0 Å². The summed E-state index contributed by atoms with van der Waals surface area (Å²) < 4.78 is 37.9. The largest absolute Gasteiger partial charge is 0.436 e. The third-order valence-electron chi connectivity index (χ3n) is 1.76. The van der Waals surface area contributed by atoms with Gasteiger partial charge in [-0.05, 0) is 15.9 Å². The van der Waals surface area contributed by atoms with Crippen LogP contribution in [-0.2, 0) is 17.5 Å². The van der Waals surface area contributed by atoms with Crippen molar-refractivity contribution in [3.05, 3.63) is 16.4 Å². The summed E-state index contributed by atoms with van der Waals surface area (Å²) in [5, 5.41) is 5.71. The van der Waals surface area contributed by atoms with Crippen molar-refractivity contribution in [3.8, 4) is 0 Å². The Kier molecular flexibility index (Phi) is 4.52. The Balaban J connectivity index is 2.71. The third-order valence-corrected chi connectivity index (χ3v) is 2.34. The van der Waals surface area contributed by atoms with Crippen molar-refractivity contribution in [2.24, 2.45) is 5.73 Å². The number of carbonyl (C=O) groups excluding carboxylic acids is 1. The molecule has 5 nitrogen and oxygen atoms in total. The molecule has 0 fully saturated rings. The van der Waals surface area contributed by atoms with Gasteiger partial charge in [-0.1, -0.05) is 0 Å². The van der Waals surface area contributed by atoms with Crippen LogP contribution >= 0.6 is 15.9 Å². The summed E-state index contributed by atoms with van der Waals surface area (Å²) in [5.74, 6) is -0.445. The van der Waals surface area contributed by atoms with Crippen molar-refractivity contribution in [2.75, 3.05) is 13.1 Å². The first-order valence-electron chi connectivity index (χ1n) is 4.61. The molecule has 9 heteroatoms. The Morgan fingerprint density at radius 3 is 2.71 bits per heavy atom. The van der Waals surface area contributed by atoms with Crippen molar-refractivity contribution in [3.63, 3.8) is 0 Å². The fourth-order valence-electron chi connectivity index (χ4n) is 1.08. The molecule has 0 atom stereocenters. The van der Waals surface area contributed by atoms with Crippen molar-refractivity contribution < 1.29 is 18.0 Å². The van der Waals surface area contributed by atoms with Gasteiger partial charge in [0.1, 0.15) is 6.54 Å². The van der Waals surface area contributed by atoms with Gasteiger partial charge in [-0.3, -0.25) is 9.48 Å². The highest BCUT2D eigenvalue weighted by Crippen LogP contribution is 2.33. The Morgan fingerprint density at radius 1 is 1.59 bits per heavy atom. The Morgan fingerprint density at radius 2 is 2.24 bits per heavy atom. The van der Waals surface area contributed by atoms with E-state index in [4.69, 9.17) is 5.73 Å². The first-order chi connectivity index (χ1) is 7.84. The summed E-state index contributed by atoms with van der Waals surface area (Å²) in [6.07, 6.45) is -3.44. The van der Waals surface area contributed by atoms with Crippen LogP contribution in [-0.4, -0.2) is 28.8 Å². The highest BCUT2D eigenvalue weighted by atomic mass is 79.9. The number of amides is 1. The summed E-state index contributed by atoms with van der Waals surface area (Å²) >= 11 is 2.74. The zero-order valence-electron chi connectivity index (χ0n) is 8.59. The number of hydrogen-bond acceptors (Lipinski definition) is 3. The molecular formula is C8H10BrF3N4O. The van der Waals surface area contributed by atoms with Gasteiger partial charge in [0.2, 0.25) is 5.91 Å². The van der Waals surface area contributed by atoms with Crippen molar-refractivity contribution in [1.29, 1.82) is 0 Å². The summed E-state index contributed by atoms with van der Waals surface area (Å²) in [5.41, 5.74) is 4.11. The number of carbonyl (C=O) groups is 1. The highest BCUT2D eigenvalue weighted by molar-refractivity contribution is 9.10. The molecule has 17 heavy (non-hydrogen) atoms. The van der Waals surface area contributed by atoms with E-state index in [9.17, 15) is 18.0 Å². The number of aromatic nitrogens is 2. The van der Waals surface area contributed by atoms with E-state index >= 15 is 0 Å². The van der Waals surface area contributed by atoms with Crippen LogP contribution in [0.4, 0.5) is 13.2 Å². The molecule has 0 saturated carbocycles. The number of halogens is 4. The minimum Gasteiger partial charge on any atom is -0.353 e. The van der Waals surface area contributed by atoms with Gasteiger partial charge in [-0.25, -0.2) is 0 Å². The van der Waals surface area contributed by atoms with E-state index in [1.807, 2.05) is 0 Å². The molecular weight excluding hydrogens is 305 g/mol. The molecule has 0 bridgehead atoms. The molecule has 0 spiro atoms. The van der Waals surface area contributed by atoms with Gasteiger partial charge in [-0.15, -0.1) is 0 Å². The van der Waals surface area contributed by atoms with Crippen LogP contribution in [0, 0.1) is 0 Å². The molecule has 0 aromatic carbocycles. The standard InChI is InChI=1S/C8H10BrF3N4O/c9-5-3-16(4-6(17)14-2-1-13)15-7(5)8(10,11)12/h3H,1-2,4,13H2,(H,14,17). The van der Waals surface area contributed by atoms with Gasteiger partial charge in [0.25, 0.3) is 0 Å². The van der Waals surface area contributed by atoms with Gasteiger partial charge < -0.3 is 11.1 Å². The fourth-order valence-corrected chi connectivity index (χ4v) is 1.63. The Hall–Kier alpha value is -1.09. The third kappa shape index (κ3) is 4.00. The molecule has 1 amide bonds. The SMILES string of the molecule is NCCNC(=O)Cn1cc(Br)c(C(F)(F)F)n1. The maximum absolute atomic E-state index is 12.4. The fraction of sp³-hybridized carbons (Fsp3) is 0.500. The molecule has 1 aromatic rings. The number of hydrogen-bond donors (Lipinski definition) is 2. The lowest BCUT2D eigenvalue weighted by molar-refractivity contribution is -0.142. The number of nitrogens with two attached hydrogens (primary N) is 1. The first-order valence-corrected chi connectivity index (χ1v) is 5.41. The zero-order chi connectivity index (χ0) is 13.1. The van der Waals surface area contributed by atoms with Crippen LogP contribution < -0.4 is 11.1 Å². The second kappa shape index (κ2) is 5.50. The van der Waals surface area contributed by atoms with Crippen LogP contribution in [0.2, 0.25) is 0 Å². The van der Waals surface area contributed by atoms with E-state index in [2.05, 4.69) is 26.3 Å². The minimum atomic E-state index is -4.54. The van der Waals surface area contributed by atoms with E-state index in [0.717, 1.165) is 10.9 Å². The molecule has 1 aromatic heterocycles. The van der Waals surface area contributed by atoms with Crippen molar-refractivity contribution >= 4 is 21.8 Å². The number of nitrogens with one attached hydrogen (secondary N) is 1. The lowest BCUT2D eigenvalue weighted by atomic mass is 10.4. The lowest BCUT2D eigenvalue weighted by Crippen LogP contribution is -2.32. The molecule has 0 unspecified atom stereocenters. The second-order valence-electron chi connectivity index (χ2n) is 3.16. The maximum Gasteiger partial charge on any atom is 0.436 e. The molecule has 1 rings (SSSR count). The van der Waals surface area contributed by atoms with Gasteiger partial charge in [0.15, 0.2) is 5.69 Å². The van der Waals surface area contributed by atoms with Crippen LogP contribution in [0.1, 0.15) is 5.69 Å². The summed E-state index contributed by atoms with van der Waals surface area (Å²) in [4.78, 5) is 11.2. The molecule has 0 aliphatic carbocycles. The average molecular weight is 315 g/mol. The normalized spacial score (nSPS) is 11.6. The second-order valence-corrected chi connectivity index (χ2v) is 4.01. The zero-order valence-corrected chi connectivity index (χ0v) is 10.2. The summed E-state index contributed by atoms with van der Waals surface area (Å²) in [6, 6.07) is 0. The quantitative estimate of drug-likeness (QED) is 0.861. The van der Waals surface area contributed by atoms with E-state index in [0.29, 0.717) is 0 Å². The van der Waals surface area contributed by atoms with Gasteiger partial charge in [0.05, 0.1) is 4.47 Å². The molecule has 0 radical (unpaired) electrons. The Labute approximate surface area is 103 Å². The predicted octanol–water partition coefficient (Wildman–Crippen LogP) is 0.739. The van der Waals surface area contributed by atoms with Crippen LogP contribution in [0.25, 0.3) is 0 Å². The molecule has 96 valence electrons. The van der Waals surface area contributed by atoms with Crippen molar-refractivity contribution in [1.82, 2.24) is 15.1 Å². The van der Waals surface area contributed by atoms with E-state index in [1.165, 1.54) is 0 Å². The predicted molar refractivity (Wildman–Crippen MR) is 57.0 cm³/mol. The number of alkyl halides is 3. The monoisotopic (exact) mass is 314 g/mol. The number of rotatable bonds is 4. The van der Waals surface area contributed by atoms with E-state index in [1.54, 1.807) is 0 Å². The van der Waals surface area contributed by atoms with Gasteiger partial charge in [-0.2, -0.15) is 18.3 Å². The summed E-state index contributed by atoms with van der Waals surface area (Å²) in [7, 11) is 0. The molecule has 0 aliphatic rings. The van der Waals surface area contributed by atoms with Crippen molar-refractivity contribution in [2.45, 2.75) is 12.7 Å². The molecule has 0 saturated heterocycles. The topological polar surface area (TPSA) is 72.9 Å². The number of nitrogens with zero attached hydrogens (tertiary/aromatic N) is 2. The maximum atomic E-state index is 12.4. The highest BCUT2D eigenvalue weighted by Gasteiger charge is 2.36. The molecule has 3 N–H and O–H groups in total. The van der Waals surface area contributed by atoms with Crippen LogP contribution in [0.15, 0.2) is 10.7 Å². The first kappa shape index (κ1) is 14.0. The smallest absolute Gasteiger partial charge is 0.353 e. The van der Waals surface area contributed by atoms with Gasteiger partial charge in [0, 0.05) is 19.3 Å². The van der Waals surface area contributed by atoms with E-state index in [-0.39, 0.29) is 24.1 Å². The molecule has 1 heterocycles. The van der Waals surface area contributed by atoms with Gasteiger partial charge >= 0.3 is 6.18 Å². The lowest BCUT2D eigenvalue weighted by Gasteiger charge is -2.04. The average Bonchev–Trinajstić information content (AvgIpc) is 2.56. The molecule has 0 aliphatic heterocycles. The summed E-state index contributed by atoms with van der Waals surface area (Å²) in [6.45, 7) is 0.254. The Bertz CT molecular complexity index is 404. The minimum absolute atomic E-state index is 0.198.